The van der Waals surface area contributed by atoms with Gasteiger partial charge in [0.25, 0.3) is 5.91 Å². The molecule has 0 aliphatic rings. The first-order chi connectivity index (χ1) is 11.0. The Morgan fingerprint density at radius 2 is 2.17 bits per heavy atom. The van der Waals surface area contributed by atoms with Crippen LogP contribution in [0.25, 0.3) is 0 Å². The van der Waals surface area contributed by atoms with E-state index < -0.39 is 0 Å². The number of hydrogen-bond donors (Lipinski definition) is 1. The second-order valence-electron chi connectivity index (χ2n) is 5.37. The van der Waals surface area contributed by atoms with Crippen LogP contribution in [-0.4, -0.2) is 25.5 Å². The zero-order valence-electron chi connectivity index (χ0n) is 12.8. The van der Waals surface area contributed by atoms with Crippen LogP contribution in [0.15, 0.2) is 42.9 Å². The molecule has 6 nitrogen and oxygen atoms in total. The van der Waals surface area contributed by atoms with Gasteiger partial charge in [-0.1, -0.05) is 29.8 Å². The molecule has 3 aromatic rings. The summed E-state index contributed by atoms with van der Waals surface area (Å²) in [6.07, 6.45) is 5.26. The minimum atomic E-state index is -0.231. The SMILES string of the molecule is Cc1cccc(Cn2cc(NC(=O)c3nn(C)cc3I)cn2)c1. The summed E-state index contributed by atoms with van der Waals surface area (Å²) < 4.78 is 4.24. The van der Waals surface area contributed by atoms with Gasteiger partial charge in [-0.05, 0) is 35.1 Å². The third-order valence-electron chi connectivity index (χ3n) is 3.32. The summed E-state index contributed by atoms with van der Waals surface area (Å²) in [5, 5.41) is 11.3. The minimum absolute atomic E-state index is 0.231. The molecular weight excluding hydrogens is 405 g/mol. The highest BCUT2D eigenvalue weighted by molar-refractivity contribution is 14.1. The largest absolute Gasteiger partial charge is 0.318 e. The van der Waals surface area contributed by atoms with Crippen molar-refractivity contribution in [3.05, 3.63) is 63.2 Å². The molecule has 2 heterocycles. The average Bonchev–Trinajstić information content (AvgIpc) is 3.05. The van der Waals surface area contributed by atoms with Gasteiger partial charge in [0.1, 0.15) is 0 Å². The van der Waals surface area contributed by atoms with Gasteiger partial charge >= 0.3 is 0 Å². The Kier molecular flexibility index (Phi) is 4.46. The van der Waals surface area contributed by atoms with Gasteiger partial charge < -0.3 is 5.32 Å². The lowest BCUT2D eigenvalue weighted by Gasteiger charge is -2.03. The van der Waals surface area contributed by atoms with Gasteiger partial charge in [-0.3, -0.25) is 14.2 Å². The Balaban J connectivity index is 1.70. The van der Waals surface area contributed by atoms with E-state index in [0.29, 0.717) is 17.9 Å². The van der Waals surface area contributed by atoms with Crippen molar-refractivity contribution < 1.29 is 4.79 Å². The molecule has 7 heteroatoms. The number of nitrogens with zero attached hydrogens (tertiary/aromatic N) is 4. The number of carbonyl (C=O) groups is 1. The molecule has 0 radical (unpaired) electrons. The maximum Gasteiger partial charge on any atom is 0.277 e. The normalized spacial score (nSPS) is 10.7. The van der Waals surface area contributed by atoms with Gasteiger partial charge in [-0.2, -0.15) is 10.2 Å². The molecule has 0 fully saturated rings. The van der Waals surface area contributed by atoms with Gasteiger partial charge in [0, 0.05) is 19.4 Å². The van der Waals surface area contributed by atoms with E-state index in [0.717, 1.165) is 3.57 Å². The van der Waals surface area contributed by atoms with Crippen molar-refractivity contribution >= 4 is 34.2 Å². The van der Waals surface area contributed by atoms with Crippen LogP contribution < -0.4 is 5.32 Å². The number of carbonyl (C=O) groups excluding carboxylic acids is 1. The Morgan fingerprint density at radius 3 is 2.87 bits per heavy atom. The lowest BCUT2D eigenvalue weighted by atomic mass is 10.1. The lowest BCUT2D eigenvalue weighted by Crippen LogP contribution is -2.13. The van der Waals surface area contributed by atoms with Crippen LogP contribution in [0.3, 0.4) is 0 Å². The van der Waals surface area contributed by atoms with Gasteiger partial charge in [0.15, 0.2) is 5.69 Å². The molecular formula is C16H16IN5O. The number of nitrogens with one attached hydrogen (secondary N) is 1. The highest BCUT2D eigenvalue weighted by Gasteiger charge is 2.15. The maximum absolute atomic E-state index is 12.2. The number of amides is 1. The standard InChI is InChI=1S/C16H16IN5O/c1-11-4-3-5-12(6-11)8-22-9-13(7-18-22)19-16(23)15-14(17)10-21(2)20-15/h3-7,9-10H,8H2,1-2H3,(H,19,23). The zero-order valence-corrected chi connectivity index (χ0v) is 15.0. The fourth-order valence-electron chi connectivity index (χ4n) is 2.32. The smallest absolute Gasteiger partial charge is 0.277 e. The molecule has 118 valence electrons. The van der Waals surface area contributed by atoms with Crippen molar-refractivity contribution in [2.75, 3.05) is 5.32 Å². The Labute approximate surface area is 147 Å². The first-order valence-corrected chi connectivity index (χ1v) is 8.17. The highest BCUT2D eigenvalue weighted by atomic mass is 127. The number of rotatable bonds is 4. The number of anilines is 1. The first-order valence-electron chi connectivity index (χ1n) is 7.10. The van der Waals surface area contributed by atoms with Crippen molar-refractivity contribution in [3.63, 3.8) is 0 Å². The molecule has 2 aromatic heterocycles. The summed E-state index contributed by atoms with van der Waals surface area (Å²) in [7, 11) is 1.79. The Morgan fingerprint density at radius 1 is 1.35 bits per heavy atom. The van der Waals surface area contributed by atoms with Crippen molar-refractivity contribution in [1.82, 2.24) is 19.6 Å². The molecule has 0 bridgehead atoms. The minimum Gasteiger partial charge on any atom is -0.318 e. The molecule has 0 unspecified atom stereocenters. The molecule has 0 saturated carbocycles. The molecule has 1 aromatic carbocycles. The first kappa shape index (κ1) is 15.7. The maximum atomic E-state index is 12.2. The van der Waals surface area contributed by atoms with Crippen LogP contribution in [-0.2, 0) is 13.6 Å². The van der Waals surface area contributed by atoms with Gasteiger partial charge in [-0.25, -0.2) is 0 Å². The Bertz CT molecular complexity index is 852. The quantitative estimate of drug-likeness (QED) is 0.660. The number of halogens is 1. The second kappa shape index (κ2) is 6.53. The predicted molar refractivity (Wildman–Crippen MR) is 96.4 cm³/mol. The van der Waals surface area contributed by atoms with Crippen LogP contribution in [0.4, 0.5) is 5.69 Å². The lowest BCUT2D eigenvalue weighted by molar-refractivity contribution is 0.102. The molecule has 1 N–H and O–H groups in total. The summed E-state index contributed by atoms with van der Waals surface area (Å²) in [6, 6.07) is 8.27. The molecule has 3 rings (SSSR count). The predicted octanol–water partition coefficient (Wildman–Crippen LogP) is 2.83. The van der Waals surface area contributed by atoms with Gasteiger partial charge in [-0.15, -0.1) is 0 Å². The van der Waals surface area contributed by atoms with Crippen LogP contribution in [0.2, 0.25) is 0 Å². The van der Waals surface area contributed by atoms with Crippen LogP contribution >= 0.6 is 22.6 Å². The van der Waals surface area contributed by atoms with E-state index in [1.54, 1.807) is 28.8 Å². The van der Waals surface area contributed by atoms with Crippen molar-refractivity contribution in [2.24, 2.45) is 7.05 Å². The molecule has 23 heavy (non-hydrogen) atoms. The van der Waals surface area contributed by atoms with Gasteiger partial charge in [0.05, 0.1) is 22.0 Å². The summed E-state index contributed by atoms with van der Waals surface area (Å²) in [6.45, 7) is 2.73. The summed E-state index contributed by atoms with van der Waals surface area (Å²) in [5.41, 5.74) is 3.46. The summed E-state index contributed by atoms with van der Waals surface area (Å²) in [4.78, 5) is 12.2. The van der Waals surface area contributed by atoms with E-state index in [4.69, 9.17) is 0 Å². The van der Waals surface area contributed by atoms with Crippen molar-refractivity contribution in [2.45, 2.75) is 13.5 Å². The van der Waals surface area contributed by atoms with Crippen LogP contribution in [0, 0.1) is 10.5 Å². The fraction of sp³-hybridized carbons (Fsp3) is 0.188. The number of aryl methyl sites for hydroxylation is 2. The second-order valence-corrected chi connectivity index (χ2v) is 6.53. The average molecular weight is 421 g/mol. The molecule has 0 spiro atoms. The number of benzene rings is 1. The van der Waals surface area contributed by atoms with Crippen molar-refractivity contribution in [3.8, 4) is 0 Å². The van der Waals surface area contributed by atoms with E-state index >= 15 is 0 Å². The summed E-state index contributed by atoms with van der Waals surface area (Å²) in [5.74, 6) is -0.231. The molecule has 1 amide bonds. The van der Waals surface area contributed by atoms with Crippen LogP contribution in [0.5, 0.6) is 0 Å². The molecule has 0 aliphatic heterocycles. The number of aromatic nitrogens is 4. The molecule has 0 aliphatic carbocycles. The topological polar surface area (TPSA) is 64.7 Å². The van der Waals surface area contributed by atoms with Crippen LogP contribution in [0.1, 0.15) is 21.6 Å². The zero-order chi connectivity index (χ0) is 16.4. The third-order valence-corrected chi connectivity index (χ3v) is 4.11. The monoisotopic (exact) mass is 421 g/mol. The molecule has 0 atom stereocenters. The van der Waals surface area contributed by atoms with E-state index in [1.165, 1.54) is 11.1 Å². The highest BCUT2D eigenvalue weighted by Crippen LogP contribution is 2.14. The van der Waals surface area contributed by atoms with E-state index in [-0.39, 0.29) is 5.91 Å². The van der Waals surface area contributed by atoms with E-state index in [2.05, 4.69) is 63.2 Å². The fourth-order valence-corrected chi connectivity index (χ4v) is 3.07. The third kappa shape index (κ3) is 3.79. The van der Waals surface area contributed by atoms with Gasteiger partial charge in [0.2, 0.25) is 0 Å². The van der Waals surface area contributed by atoms with E-state index in [1.807, 2.05) is 12.3 Å². The van der Waals surface area contributed by atoms with E-state index in [9.17, 15) is 4.79 Å². The summed E-state index contributed by atoms with van der Waals surface area (Å²) >= 11 is 2.10. The Hall–Kier alpha value is -2.16. The van der Waals surface area contributed by atoms with Crippen molar-refractivity contribution in [1.29, 1.82) is 0 Å². The number of hydrogen-bond acceptors (Lipinski definition) is 3. The molecule has 0 saturated heterocycles.